The molecule has 1 saturated carbocycles. The molecule has 1 aromatic heterocycles. The average Bonchev–Trinajstić information content (AvgIpc) is 3.34. The highest BCUT2D eigenvalue weighted by atomic mass is 16.3. The predicted molar refractivity (Wildman–Crippen MR) is 129 cm³/mol. The van der Waals surface area contributed by atoms with Crippen LogP contribution in [0.1, 0.15) is 49.8 Å². The average molecular weight is 439 g/mol. The van der Waals surface area contributed by atoms with Gasteiger partial charge in [0.1, 0.15) is 5.76 Å². The number of hydrogen-bond donors (Lipinski definition) is 3. The molecule has 2 heterocycles. The van der Waals surface area contributed by atoms with Crippen molar-refractivity contribution in [1.29, 1.82) is 0 Å². The second-order valence-electron chi connectivity index (χ2n) is 9.10. The first-order valence-electron chi connectivity index (χ1n) is 12.3. The van der Waals surface area contributed by atoms with Crippen LogP contribution in [0.5, 0.6) is 0 Å². The van der Waals surface area contributed by atoms with Gasteiger partial charge in [0.25, 0.3) is 0 Å². The third-order valence-corrected chi connectivity index (χ3v) is 6.79. The minimum atomic E-state index is -0.147. The number of benzene rings is 1. The Hall–Kier alpha value is -2.31. The van der Waals surface area contributed by atoms with Gasteiger partial charge in [-0.15, -0.1) is 0 Å². The van der Waals surface area contributed by atoms with Gasteiger partial charge in [-0.25, -0.2) is 0 Å². The first-order valence-corrected chi connectivity index (χ1v) is 12.3. The largest absolute Gasteiger partial charge is 0.469 e. The Balaban J connectivity index is 1.28. The van der Waals surface area contributed by atoms with Crippen LogP contribution in [0.2, 0.25) is 0 Å². The second kappa shape index (κ2) is 12.1. The van der Waals surface area contributed by atoms with Gasteiger partial charge in [0.15, 0.2) is 5.96 Å². The molecular weight excluding hydrogens is 400 g/mol. The first-order chi connectivity index (χ1) is 15.8. The Morgan fingerprint density at radius 2 is 1.81 bits per heavy atom. The van der Waals surface area contributed by atoms with Gasteiger partial charge in [-0.1, -0.05) is 43.2 Å². The summed E-state index contributed by atoms with van der Waals surface area (Å²) in [5.74, 6) is 1.86. The SMILES string of the molecule is OC1CCCCC1N1CCC(NC(=NCCc2ccco2)NCCc2ccccc2)CC1. The van der Waals surface area contributed by atoms with Crippen LogP contribution in [0.3, 0.4) is 0 Å². The fourth-order valence-corrected chi connectivity index (χ4v) is 4.94. The van der Waals surface area contributed by atoms with Crippen LogP contribution in [0.25, 0.3) is 0 Å². The molecule has 1 saturated heterocycles. The summed E-state index contributed by atoms with van der Waals surface area (Å²) < 4.78 is 5.45. The van der Waals surface area contributed by atoms with Gasteiger partial charge in [-0.2, -0.15) is 0 Å². The quantitative estimate of drug-likeness (QED) is 0.435. The highest BCUT2D eigenvalue weighted by Crippen LogP contribution is 2.25. The fourth-order valence-electron chi connectivity index (χ4n) is 4.94. The van der Waals surface area contributed by atoms with E-state index >= 15 is 0 Å². The normalized spacial score (nSPS) is 23.2. The second-order valence-corrected chi connectivity index (χ2v) is 9.10. The molecule has 2 aromatic rings. The molecule has 2 atom stereocenters. The van der Waals surface area contributed by atoms with E-state index in [0.29, 0.717) is 18.6 Å². The van der Waals surface area contributed by atoms with Crippen LogP contribution in [0, 0.1) is 0 Å². The van der Waals surface area contributed by atoms with Crippen LogP contribution in [0.4, 0.5) is 0 Å². The molecule has 4 rings (SSSR count). The third kappa shape index (κ3) is 6.84. The zero-order valence-electron chi connectivity index (χ0n) is 19.1. The molecular formula is C26H38N4O2. The number of furan rings is 1. The lowest BCUT2D eigenvalue weighted by Gasteiger charge is -2.41. The van der Waals surface area contributed by atoms with E-state index in [0.717, 1.165) is 69.9 Å². The van der Waals surface area contributed by atoms with Crippen molar-refractivity contribution in [3.63, 3.8) is 0 Å². The highest BCUT2D eigenvalue weighted by Gasteiger charge is 2.31. The minimum Gasteiger partial charge on any atom is -0.469 e. The van der Waals surface area contributed by atoms with Crippen molar-refractivity contribution in [1.82, 2.24) is 15.5 Å². The van der Waals surface area contributed by atoms with Crippen molar-refractivity contribution < 1.29 is 9.52 Å². The summed E-state index contributed by atoms with van der Waals surface area (Å²) in [5, 5.41) is 17.6. The van der Waals surface area contributed by atoms with Gasteiger partial charge >= 0.3 is 0 Å². The molecule has 2 aliphatic rings. The van der Waals surface area contributed by atoms with Gasteiger partial charge in [0.2, 0.25) is 0 Å². The van der Waals surface area contributed by atoms with Crippen molar-refractivity contribution >= 4 is 5.96 Å². The number of aliphatic hydroxyl groups is 1. The molecule has 0 radical (unpaired) electrons. The maximum atomic E-state index is 10.4. The molecule has 3 N–H and O–H groups in total. The van der Waals surface area contributed by atoms with Gasteiger partial charge in [0.05, 0.1) is 12.4 Å². The summed E-state index contributed by atoms with van der Waals surface area (Å²) in [6.07, 6.45) is 10.0. The lowest BCUT2D eigenvalue weighted by molar-refractivity contribution is 0.00810. The van der Waals surface area contributed by atoms with E-state index in [-0.39, 0.29) is 6.10 Å². The van der Waals surface area contributed by atoms with E-state index in [9.17, 15) is 5.11 Å². The van der Waals surface area contributed by atoms with E-state index in [2.05, 4.69) is 45.9 Å². The lowest BCUT2D eigenvalue weighted by atomic mass is 9.89. The Kier molecular flexibility index (Phi) is 8.63. The molecule has 6 heteroatoms. The number of guanidine groups is 1. The van der Waals surface area contributed by atoms with Crippen molar-refractivity contribution in [2.75, 3.05) is 26.2 Å². The number of nitrogens with one attached hydrogen (secondary N) is 2. The third-order valence-electron chi connectivity index (χ3n) is 6.79. The molecule has 0 spiro atoms. The zero-order chi connectivity index (χ0) is 22.0. The molecule has 6 nitrogen and oxygen atoms in total. The Morgan fingerprint density at radius 1 is 1.00 bits per heavy atom. The van der Waals surface area contributed by atoms with Crippen LogP contribution in [0.15, 0.2) is 58.1 Å². The molecule has 1 aromatic carbocycles. The summed E-state index contributed by atoms with van der Waals surface area (Å²) in [5.41, 5.74) is 1.33. The Labute approximate surface area is 192 Å². The van der Waals surface area contributed by atoms with E-state index in [1.165, 1.54) is 18.4 Å². The number of nitrogens with zero attached hydrogens (tertiary/aromatic N) is 2. The van der Waals surface area contributed by atoms with Gasteiger partial charge < -0.3 is 20.2 Å². The van der Waals surface area contributed by atoms with Gasteiger partial charge in [-0.05, 0) is 49.8 Å². The standard InChI is InChI=1S/C26H38N4O2/c31-25-11-5-4-10-24(25)30-18-14-22(15-19-30)29-26(28-17-13-23-9-6-20-32-23)27-16-12-21-7-2-1-3-8-21/h1-3,6-9,20,22,24-25,31H,4-5,10-19H2,(H2,27,28,29). The minimum absolute atomic E-state index is 0.147. The number of likely N-dealkylation sites (tertiary alicyclic amines) is 1. The molecule has 1 aliphatic carbocycles. The molecule has 0 amide bonds. The van der Waals surface area contributed by atoms with E-state index in [1.807, 2.05) is 12.1 Å². The highest BCUT2D eigenvalue weighted by molar-refractivity contribution is 5.80. The summed E-state index contributed by atoms with van der Waals surface area (Å²) in [6, 6.07) is 15.3. The van der Waals surface area contributed by atoms with Crippen molar-refractivity contribution in [3.8, 4) is 0 Å². The monoisotopic (exact) mass is 438 g/mol. The van der Waals surface area contributed by atoms with Crippen LogP contribution in [-0.2, 0) is 12.8 Å². The van der Waals surface area contributed by atoms with Crippen molar-refractivity contribution in [2.45, 2.75) is 69.6 Å². The van der Waals surface area contributed by atoms with Crippen molar-refractivity contribution in [2.24, 2.45) is 4.99 Å². The first kappa shape index (κ1) is 22.9. The van der Waals surface area contributed by atoms with E-state index in [4.69, 9.17) is 9.41 Å². The number of rotatable bonds is 8. The van der Waals surface area contributed by atoms with Gasteiger partial charge in [-0.3, -0.25) is 9.89 Å². The molecule has 32 heavy (non-hydrogen) atoms. The summed E-state index contributed by atoms with van der Waals surface area (Å²) in [4.78, 5) is 7.34. The molecule has 2 fully saturated rings. The van der Waals surface area contributed by atoms with E-state index in [1.54, 1.807) is 6.26 Å². The molecule has 1 aliphatic heterocycles. The van der Waals surface area contributed by atoms with Crippen LogP contribution in [-0.4, -0.2) is 60.3 Å². The van der Waals surface area contributed by atoms with Crippen molar-refractivity contribution in [3.05, 3.63) is 60.1 Å². The zero-order valence-corrected chi connectivity index (χ0v) is 19.1. The molecule has 2 unspecified atom stereocenters. The van der Waals surface area contributed by atoms with Gasteiger partial charge in [0, 0.05) is 44.7 Å². The fraction of sp³-hybridized carbons (Fsp3) is 0.577. The van der Waals surface area contributed by atoms with Crippen LogP contribution >= 0.6 is 0 Å². The number of piperidine rings is 1. The number of hydrogen-bond acceptors (Lipinski definition) is 4. The maximum Gasteiger partial charge on any atom is 0.191 e. The summed E-state index contributed by atoms with van der Waals surface area (Å²) in [7, 11) is 0. The Morgan fingerprint density at radius 3 is 2.56 bits per heavy atom. The van der Waals surface area contributed by atoms with E-state index < -0.39 is 0 Å². The maximum absolute atomic E-state index is 10.4. The smallest absolute Gasteiger partial charge is 0.191 e. The molecule has 0 bridgehead atoms. The Bertz CT molecular complexity index is 800. The summed E-state index contributed by atoms with van der Waals surface area (Å²) in [6.45, 7) is 3.64. The van der Waals surface area contributed by atoms with Crippen LogP contribution < -0.4 is 10.6 Å². The number of aliphatic hydroxyl groups excluding tert-OH is 1. The predicted octanol–water partition coefficient (Wildman–Crippen LogP) is 3.37. The number of aliphatic imine (C=N–C) groups is 1. The topological polar surface area (TPSA) is 73.0 Å². The molecule has 174 valence electrons. The lowest BCUT2D eigenvalue weighted by Crippen LogP contribution is -2.53. The summed E-state index contributed by atoms with van der Waals surface area (Å²) >= 11 is 0.